The third-order valence-electron chi connectivity index (χ3n) is 1.53. The molecule has 70 valence electrons. The Labute approximate surface area is 79.8 Å². The van der Waals surface area contributed by atoms with Crippen molar-refractivity contribution < 1.29 is 15.0 Å². The Hall–Kier alpha value is -1.13. The summed E-state index contributed by atoms with van der Waals surface area (Å²) in [5.74, 6) is -1.07. The zero-order chi connectivity index (χ0) is 9.84. The molecule has 0 aromatic carbocycles. The highest BCUT2D eigenvalue weighted by atomic mass is 35.5. The van der Waals surface area contributed by atoms with Gasteiger partial charge in [-0.2, -0.15) is 0 Å². The van der Waals surface area contributed by atoms with E-state index < -0.39 is 12.1 Å². The van der Waals surface area contributed by atoms with Crippen LogP contribution in [0.15, 0.2) is 18.5 Å². The van der Waals surface area contributed by atoms with Crippen LogP contribution in [0.5, 0.6) is 0 Å². The van der Waals surface area contributed by atoms with Gasteiger partial charge in [0.25, 0.3) is 0 Å². The van der Waals surface area contributed by atoms with Crippen molar-refractivity contribution in [2.24, 2.45) is 0 Å². The van der Waals surface area contributed by atoms with Gasteiger partial charge in [0, 0.05) is 18.0 Å². The van der Waals surface area contributed by atoms with Crippen molar-refractivity contribution >= 4 is 17.6 Å². The molecule has 0 bridgehead atoms. The number of aromatic nitrogens is 1. The summed E-state index contributed by atoms with van der Waals surface area (Å²) in [5, 5.41) is 18.1. The first-order chi connectivity index (χ1) is 6.11. The first-order valence-corrected chi connectivity index (χ1v) is 3.98. The molecule has 13 heavy (non-hydrogen) atoms. The highest BCUT2D eigenvalue weighted by Gasteiger charge is 2.14. The second-order valence-corrected chi connectivity index (χ2v) is 2.92. The van der Waals surface area contributed by atoms with Crippen LogP contribution in [0.1, 0.15) is 18.1 Å². The van der Waals surface area contributed by atoms with Gasteiger partial charge in [-0.05, 0) is 6.07 Å². The molecule has 4 nitrogen and oxygen atoms in total. The molecule has 0 fully saturated rings. The molecule has 1 heterocycles. The van der Waals surface area contributed by atoms with Gasteiger partial charge in [0.15, 0.2) is 0 Å². The molecule has 0 saturated carbocycles. The van der Waals surface area contributed by atoms with Gasteiger partial charge < -0.3 is 10.2 Å². The second kappa shape index (κ2) is 4.20. The summed E-state index contributed by atoms with van der Waals surface area (Å²) < 4.78 is 0. The zero-order valence-electron chi connectivity index (χ0n) is 6.64. The monoisotopic (exact) mass is 201 g/mol. The van der Waals surface area contributed by atoms with E-state index in [2.05, 4.69) is 4.98 Å². The number of aliphatic hydroxyl groups excluding tert-OH is 1. The summed E-state index contributed by atoms with van der Waals surface area (Å²) in [7, 11) is 0. The van der Waals surface area contributed by atoms with Crippen molar-refractivity contribution in [1.29, 1.82) is 0 Å². The van der Waals surface area contributed by atoms with Gasteiger partial charge in [-0.3, -0.25) is 9.78 Å². The molecule has 1 aromatic heterocycles. The van der Waals surface area contributed by atoms with E-state index in [0.717, 1.165) is 0 Å². The molecule has 0 aliphatic rings. The van der Waals surface area contributed by atoms with Crippen molar-refractivity contribution in [3.63, 3.8) is 0 Å². The van der Waals surface area contributed by atoms with E-state index in [-0.39, 0.29) is 11.4 Å². The van der Waals surface area contributed by atoms with Gasteiger partial charge in [-0.15, -0.1) is 0 Å². The number of pyridine rings is 1. The third kappa shape index (κ3) is 2.68. The maximum absolute atomic E-state index is 10.3. The van der Waals surface area contributed by atoms with Crippen LogP contribution in [-0.4, -0.2) is 21.2 Å². The molecule has 0 saturated heterocycles. The fourth-order valence-corrected chi connectivity index (χ4v) is 1.18. The predicted octanol–water partition coefficient (Wildman–Crippen LogP) is 1.24. The summed E-state index contributed by atoms with van der Waals surface area (Å²) in [6.07, 6.45) is 1.38. The molecule has 1 atom stereocenters. The molecule has 1 rings (SSSR count). The van der Waals surface area contributed by atoms with E-state index in [1.54, 1.807) is 0 Å². The Balaban J connectivity index is 2.82. The molecule has 2 N–H and O–H groups in total. The number of aliphatic carboxylic acids is 1. The molecule has 0 aliphatic carbocycles. The summed E-state index contributed by atoms with van der Waals surface area (Å²) in [5.41, 5.74) is 0.388. The van der Waals surface area contributed by atoms with Gasteiger partial charge in [0.05, 0.1) is 17.5 Å². The van der Waals surface area contributed by atoms with Crippen molar-refractivity contribution in [2.75, 3.05) is 0 Å². The number of carboxylic acids is 1. The number of carboxylic acid groups (broad SMARTS) is 1. The molecular formula is C8H8ClNO3. The SMILES string of the molecule is O=C(O)CC(O)c1ccncc1Cl. The minimum absolute atomic E-state index is 0.274. The van der Waals surface area contributed by atoms with E-state index in [4.69, 9.17) is 16.7 Å². The normalized spacial score (nSPS) is 12.5. The lowest BCUT2D eigenvalue weighted by molar-refractivity contribution is -0.139. The third-order valence-corrected chi connectivity index (χ3v) is 1.85. The van der Waals surface area contributed by atoms with Gasteiger partial charge in [-0.25, -0.2) is 0 Å². The summed E-state index contributed by atoms with van der Waals surface area (Å²) >= 11 is 5.69. The van der Waals surface area contributed by atoms with E-state index in [1.165, 1.54) is 18.5 Å². The van der Waals surface area contributed by atoms with Crippen LogP contribution in [-0.2, 0) is 4.79 Å². The lowest BCUT2D eigenvalue weighted by Crippen LogP contribution is -2.05. The van der Waals surface area contributed by atoms with Crippen molar-refractivity contribution in [1.82, 2.24) is 4.98 Å². The minimum atomic E-state index is -1.08. The van der Waals surface area contributed by atoms with Gasteiger partial charge in [0.1, 0.15) is 0 Å². The fourth-order valence-electron chi connectivity index (χ4n) is 0.932. The predicted molar refractivity (Wildman–Crippen MR) is 46.5 cm³/mol. The van der Waals surface area contributed by atoms with Crippen molar-refractivity contribution in [3.05, 3.63) is 29.0 Å². The highest BCUT2D eigenvalue weighted by molar-refractivity contribution is 6.31. The molecule has 0 amide bonds. The number of carbonyl (C=O) groups is 1. The topological polar surface area (TPSA) is 70.4 Å². The van der Waals surface area contributed by atoms with E-state index in [9.17, 15) is 9.90 Å². The lowest BCUT2D eigenvalue weighted by atomic mass is 10.1. The summed E-state index contributed by atoms with van der Waals surface area (Å²) in [4.78, 5) is 14.0. The highest BCUT2D eigenvalue weighted by Crippen LogP contribution is 2.23. The van der Waals surface area contributed by atoms with Crippen LogP contribution in [0.25, 0.3) is 0 Å². The smallest absolute Gasteiger partial charge is 0.306 e. The standard InChI is InChI=1S/C8H8ClNO3/c9-6-4-10-2-1-5(6)7(11)3-8(12)13/h1-2,4,7,11H,3H2,(H,12,13). The molecule has 1 aromatic rings. The number of hydrogen-bond donors (Lipinski definition) is 2. The van der Waals surface area contributed by atoms with Crippen LogP contribution in [0.4, 0.5) is 0 Å². The largest absolute Gasteiger partial charge is 0.481 e. The average molecular weight is 202 g/mol. The Morgan fingerprint density at radius 3 is 2.92 bits per heavy atom. The van der Waals surface area contributed by atoms with E-state index >= 15 is 0 Å². The molecule has 1 unspecified atom stereocenters. The molecule has 0 aliphatic heterocycles. The number of rotatable bonds is 3. The Morgan fingerprint density at radius 1 is 1.69 bits per heavy atom. The number of halogens is 1. The number of nitrogens with zero attached hydrogens (tertiary/aromatic N) is 1. The molecule has 0 radical (unpaired) electrons. The van der Waals surface area contributed by atoms with Crippen LogP contribution in [0.3, 0.4) is 0 Å². The first kappa shape index (κ1) is 9.95. The van der Waals surface area contributed by atoms with E-state index in [1.807, 2.05) is 0 Å². The molecule has 0 spiro atoms. The summed E-state index contributed by atoms with van der Waals surface area (Å²) in [6, 6.07) is 1.50. The van der Waals surface area contributed by atoms with Crippen LogP contribution in [0, 0.1) is 0 Å². The quantitative estimate of drug-likeness (QED) is 0.772. The second-order valence-electron chi connectivity index (χ2n) is 2.51. The van der Waals surface area contributed by atoms with E-state index in [0.29, 0.717) is 5.56 Å². The number of aliphatic hydroxyl groups is 1. The average Bonchev–Trinajstić information content (AvgIpc) is 2.03. The molecular weight excluding hydrogens is 194 g/mol. The van der Waals surface area contributed by atoms with Crippen LogP contribution >= 0.6 is 11.6 Å². The van der Waals surface area contributed by atoms with Gasteiger partial charge in [-0.1, -0.05) is 11.6 Å². The lowest BCUT2D eigenvalue weighted by Gasteiger charge is -2.08. The number of hydrogen-bond acceptors (Lipinski definition) is 3. The van der Waals surface area contributed by atoms with Gasteiger partial charge >= 0.3 is 5.97 Å². The first-order valence-electron chi connectivity index (χ1n) is 3.60. The Bertz CT molecular complexity index is 316. The maximum Gasteiger partial charge on any atom is 0.306 e. The minimum Gasteiger partial charge on any atom is -0.481 e. The Kier molecular flexibility index (Phi) is 3.22. The zero-order valence-corrected chi connectivity index (χ0v) is 7.40. The summed E-state index contributed by atoms with van der Waals surface area (Å²) in [6.45, 7) is 0. The van der Waals surface area contributed by atoms with Crippen LogP contribution in [0.2, 0.25) is 5.02 Å². The van der Waals surface area contributed by atoms with Gasteiger partial charge in [0.2, 0.25) is 0 Å². The van der Waals surface area contributed by atoms with Crippen LogP contribution < -0.4 is 0 Å². The Morgan fingerprint density at radius 2 is 2.38 bits per heavy atom. The van der Waals surface area contributed by atoms with Crippen molar-refractivity contribution in [3.8, 4) is 0 Å². The maximum atomic E-state index is 10.3. The molecule has 5 heteroatoms. The fraction of sp³-hybridized carbons (Fsp3) is 0.250. The van der Waals surface area contributed by atoms with Crippen molar-refractivity contribution in [2.45, 2.75) is 12.5 Å².